The minimum absolute atomic E-state index is 0.0562. The highest BCUT2D eigenvalue weighted by atomic mass is 32.1. The Kier molecular flexibility index (Phi) is 3.58. The number of hydrogen-bond acceptors (Lipinski definition) is 4. The quantitative estimate of drug-likeness (QED) is 0.909. The van der Waals surface area contributed by atoms with Crippen molar-refractivity contribution in [3.63, 3.8) is 0 Å². The summed E-state index contributed by atoms with van der Waals surface area (Å²) < 4.78 is 13.5. The lowest BCUT2D eigenvalue weighted by Gasteiger charge is -2.22. The average molecular weight is 332 g/mol. The van der Waals surface area contributed by atoms with E-state index in [4.69, 9.17) is 0 Å². The maximum absolute atomic E-state index is 13.5. The number of carbonyl (C=O) groups excluding carboxylic acids is 1. The molecule has 1 aromatic carbocycles. The zero-order valence-corrected chi connectivity index (χ0v) is 13.3. The summed E-state index contributed by atoms with van der Waals surface area (Å²) in [5.74, 6) is -0.503. The number of amides is 1. The molecule has 2 N–H and O–H groups in total. The first-order valence-corrected chi connectivity index (χ1v) is 8.54. The van der Waals surface area contributed by atoms with E-state index in [0.717, 1.165) is 30.9 Å². The Morgan fingerprint density at radius 2 is 2.17 bits per heavy atom. The third kappa shape index (κ3) is 2.72. The van der Waals surface area contributed by atoms with Crippen molar-refractivity contribution in [3.05, 3.63) is 41.0 Å². The molecule has 4 rings (SSSR count). The molecule has 2 aromatic rings. The number of nitrogens with zero attached hydrogens (tertiary/aromatic N) is 1. The van der Waals surface area contributed by atoms with Gasteiger partial charge in [-0.25, -0.2) is 4.39 Å². The molecule has 0 saturated carbocycles. The van der Waals surface area contributed by atoms with E-state index in [0.29, 0.717) is 16.4 Å². The van der Waals surface area contributed by atoms with Gasteiger partial charge in [0.15, 0.2) is 11.6 Å². The number of phenols is 1. The van der Waals surface area contributed by atoms with Gasteiger partial charge < -0.3 is 15.3 Å². The number of benzene rings is 1. The van der Waals surface area contributed by atoms with E-state index in [-0.39, 0.29) is 17.7 Å². The predicted octanol–water partition coefficient (Wildman–Crippen LogP) is 2.69. The summed E-state index contributed by atoms with van der Waals surface area (Å²) in [6.45, 7) is 3.18. The van der Waals surface area contributed by atoms with Crippen molar-refractivity contribution in [1.29, 1.82) is 0 Å². The lowest BCUT2D eigenvalue weighted by Crippen LogP contribution is -2.42. The highest BCUT2D eigenvalue weighted by Crippen LogP contribution is 2.32. The van der Waals surface area contributed by atoms with Crippen LogP contribution >= 0.6 is 11.3 Å². The summed E-state index contributed by atoms with van der Waals surface area (Å²) in [5.41, 5.74) is 0.662. The minimum atomic E-state index is -0.655. The first kappa shape index (κ1) is 14.7. The van der Waals surface area contributed by atoms with Crippen LogP contribution in [0.5, 0.6) is 5.75 Å². The second kappa shape index (κ2) is 5.62. The molecule has 1 aromatic heterocycles. The number of thiophene rings is 1. The van der Waals surface area contributed by atoms with Crippen molar-refractivity contribution in [2.24, 2.45) is 5.92 Å². The third-order valence-electron chi connectivity index (χ3n) is 4.71. The molecule has 3 atom stereocenters. The Labute approximate surface area is 137 Å². The van der Waals surface area contributed by atoms with Gasteiger partial charge in [-0.3, -0.25) is 4.79 Å². The molecule has 1 amide bonds. The molecule has 0 radical (unpaired) electrons. The Morgan fingerprint density at radius 1 is 1.30 bits per heavy atom. The van der Waals surface area contributed by atoms with Gasteiger partial charge in [0.25, 0.3) is 5.91 Å². The fourth-order valence-corrected chi connectivity index (χ4v) is 4.37. The fourth-order valence-electron chi connectivity index (χ4n) is 3.46. The van der Waals surface area contributed by atoms with Gasteiger partial charge in [0.1, 0.15) is 0 Å². The Hall–Kier alpha value is -1.92. The molecule has 120 valence electrons. The molecule has 3 heterocycles. The first-order chi connectivity index (χ1) is 11.1. The van der Waals surface area contributed by atoms with Crippen LogP contribution in [0.4, 0.5) is 4.39 Å². The van der Waals surface area contributed by atoms with E-state index in [1.807, 2.05) is 6.07 Å². The van der Waals surface area contributed by atoms with Crippen molar-refractivity contribution < 1.29 is 14.3 Å². The fraction of sp³-hybridized carbons (Fsp3) is 0.353. The van der Waals surface area contributed by atoms with Crippen LogP contribution in [0.3, 0.4) is 0 Å². The van der Waals surface area contributed by atoms with Crippen LogP contribution in [0.15, 0.2) is 30.3 Å². The summed E-state index contributed by atoms with van der Waals surface area (Å²) in [7, 11) is 0. The Bertz CT molecular complexity index is 761. The highest BCUT2D eigenvalue weighted by Gasteiger charge is 2.38. The number of carbonyl (C=O) groups is 1. The number of hydrogen-bond donors (Lipinski definition) is 2. The standard InChI is InChI=1S/C17H17FN2O2S/c18-12-7-10(1-2-14(12)21)15-3-4-16(23-15)17(22)19-13-9-20-6-5-11(13)8-20/h1-4,7,11,13,21H,5-6,8-9H2,(H,19,22)/t11-,13-/m0/s1. The van der Waals surface area contributed by atoms with Gasteiger partial charge in [-0.1, -0.05) is 0 Å². The molecule has 6 heteroatoms. The molecule has 2 aliphatic rings. The Morgan fingerprint density at radius 3 is 2.87 bits per heavy atom. The van der Waals surface area contributed by atoms with Crippen molar-refractivity contribution in [1.82, 2.24) is 10.2 Å². The normalized spacial score (nSPS) is 25.7. The maximum atomic E-state index is 13.5. The van der Waals surface area contributed by atoms with E-state index < -0.39 is 5.82 Å². The van der Waals surface area contributed by atoms with Crippen molar-refractivity contribution in [2.45, 2.75) is 12.5 Å². The predicted molar refractivity (Wildman–Crippen MR) is 87.2 cm³/mol. The van der Waals surface area contributed by atoms with Gasteiger partial charge in [0.05, 0.1) is 4.88 Å². The first-order valence-electron chi connectivity index (χ1n) is 7.72. The molecule has 0 aliphatic carbocycles. The van der Waals surface area contributed by atoms with Crippen LogP contribution in [-0.4, -0.2) is 41.6 Å². The zero-order valence-electron chi connectivity index (χ0n) is 12.5. The number of piperidine rings is 1. The largest absolute Gasteiger partial charge is 0.505 e. The van der Waals surface area contributed by atoms with Crippen LogP contribution < -0.4 is 5.32 Å². The van der Waals surface area contributed by atoms with Crippen LogP contribution in [-0.2, 0) is 0 Å². The molecule has 1 unspecified atom stereocenters. The molecular weight excluding hydrogens is 315 g/mol. The molecule has 0 spiro atoms. The SMILES string of the molecule is O=C(N[C@H]1CN2CC[C@H]1C2)c1ccc(-c2ccc(O)c(F)c2)s1. The molecule has 23 heavy (non-hydrogen) atoms. The Balaban J connectivity index is 1.48. The van der Waals surface area contributed by atoms with Crippen molar-refractivity contribution >= 4 is 17.2 Å². The average Bonchev–Trinajstić information content (AvgIpc) is 3.25. The van der Waals surface area contributed by atoms with Gasteiger partial charge in [-0.2, -0.15) is 0 Å². The lowest BCUT2D eigenvalue weighted by atomic mass is 10.00. The number of halogens is 1. The molecule has 2 bridgehead atoms. The van der Waals surface area contributed by atoms with E-state index >= 15 is 0 Å². The second-order valence-electron chi connectivity index (χ2n) is 6.22. The van der Waals surface area contributed by atoms with Crippen LogP contribution in [0.25, 0.3) is 10.4 Å². The zero-order chi connectivity index (χ0) is 16.0. The summed E-state index contributed by atoms with van der Waals surface area (Å²) in [6, 6.07) is 8.09. The van der Waals surface area contributed by atoms with Crippen LogP contribution in [0.1, 0.15) is 16.1 Å². The number of rotatable bonds is 3. The smallest absolute Gasteiger partial charge is 0.261 e. The second-order valence-corrected chi connectivity index (χ2v) is 7.30. The van der Waals surface area contributed by atoms with E-state index in [1.54, 1.807) is 12.1 Å². The lowest BCUT2D eigenvalue weighted by molar-refractivity contribution is 0.0928. The third-order valence-corrected chi connectivity index (χ3v) is 5.84. The van der Waals surface area contributed by atoms with E-state index in [2.05, 4.69) is 10.2 Å². The van der Waals surface area contributed by atoms with Crippen molar-refractivity contribution in [3.8, 4) is 16.2 Å². The highest BCUT2D eigenvalue weighted by molar-refractivity contribution is 7.17. The summed E-state index contributed by atoms with van der Waals surface area (Å²) in [5, 5.41) is 12.4. The monoisotopic (exact) mass is 332 g/mol. The summed E-state index contributed by atoms with van der Waals surface area (Å²) in [6.07, 6.45) is 1.16. The van der Waals surface area contributed by atoms with E-state index in [1.165, 1.54) is 23.5 Å². The van der Waals surface area contributed by atoms with Crippen LogP contribution in [0, 0.1) is 11.7 Å². The number of aromatic hydroxyl groups is 1. The summed E-state index contributed by atoms with van der Waals surface area (Å²) >= 11 is 1.34. The topological polar surface area (TPSA) is 52.6 Å². The number of nitrogens with one attached hydrogen (secondary N) is 1. The van der Waals surface area contributed by atoms with Gasteiger partial charge in [0.2, 0.25) is 0 Å². The molecule has 4 nitrogen and oxygen atoms in total. The number of fused-ring (bicyclic) bond motifs is 2. The van der Waals surface area contributed by atoms with Crippen LogP contribution in [0.2, 0.25) is 0 Å². The van der Waals surface area contributed by atoms with Gasteiger partial charge in [-0.05, 0) is 54.8 Å². The molecular formula is C17H17FN2O2S. The van der Waals surface area contributed by atoms with Gasteiger partial charge >= 0.3 is 0 Å². The maximum Gasteiger partial charge on any atom is 0.261 e. The minimum Gasteiger partial charge on any atom is -0.505 e. The molecule has 2 saturated heterocycles. The van der Waals surface area contributed by atoms with Gasteiger partial charge in [-0.15, -0.1) is 11.3 Å². The molecule has 2 aliphatic heterocycles. The van der Waals surface area contributed by atoms with Gasteiger partial charge in [0, 0.05) is 24.0 Å². The van der Waals surface area contributed by atoms with E-state index in [9.17, 15) is 14.3 Å². The van der Waals surface area contributed by atoms with Crippen molar-refractivity contribution in [2.75, 3.05) is 19.6 Å². The summed E-state index contributed by atoms with van der Waals surface area (Å²) in [4.78, 5) is 16.2. The molecule has 2 fully saturated rings. The number of phenolic OH excluding ortho intramolecular Hbond substituents is 1.